The number of fused-ring (bicyclic) bond motifs is 1. The molecule has 8 heteroatoms. The van der Waals surface area contributed by atoms with Gasteiger partial charge in [-0.2, -0.15) is 0 Å². The highest BCUT2D eigenvalue weighted by Crippen LogP contribution is 2.36. The predicted octanol–water partition coefficient (Wildman–Crippen LogP) is 2.01. The maximum absolute atomic E-state index is 12.5. The number of carbonyl (C=O) groups excluding carboxylic acids is 3. The molecule has 1 N–H and O–H groups in total. The molecule has 25 heavy (non-hydrogen) atoms. The SMILES string of the molecule is CC(C)Cc1nnc(NC(=O)[C@H](C)N2C(=O)[C@H]3CC=CC[C@@H]3C2=O)s1. The van der Waals surface area contributed by atoms with Crippen molar-refractivity contribution < 1.29 is 14.4 Å². The Hall–Kier alpha value is -2.09. The Morgan fingerprint density at radius 2 is 1.80 bits per heavy atom. The lowest BCUT2D eigenvalue weighted by Gasteiger charge is -2.21. The summed E-state index contributed by atoms with van der Waals surface area (Å²) in [5.74, 6) is -1.12. The van der Waals surface area contributed by atoms with E-state index in [4.69, 9.17) is 0 Å². The fourth-order valence-corrected chi connectivity index (χ4v) is 4.23. The number of amides is 3. The molecule has 134 valence electrons. The van der Waals surface area contributed by atoms with Gasteiger partial charge in [-0.15, -0.1) is 10.2 Å². The van der Waals surface area contributed by atoms with Crippen LogP contribution in [0.15, 0.2) is 12.2 Å². The largest absolute Gasteiger partial charge is 0.299 e. The standard InChI is InChI=1S/C17H22N4O3S/c1-9(2)8-13-19-20-17(25-13)18-14(22)10(3)21-15(23)11-6-4-5-7-12(11)16(21)24/h4-5,9-12H,6-8H2,1-3H3,(H,18,20,22)/t10-,11-,12-/m0/s1. The maximum atomic E-state index is 12.5. The average Bonchev–Trinajstić information content (AvgIpc) is 3.10. The summed E-state index contributed by atoms with van der Waals surface area (Å²) >= 11 is 1.32. The molecular weight excluding hydrogens is 340 g/mol. The molecule has 0 saturated carbocycles. The molecule has 0 unspecified atom stereocenters. The van der Waals surface area contributed by atoms with Crippen LogP contribution in [0, 0.1) is 17.8 Å². The van der Waals surface area contributed by atoms with Gasteiger partial charge in [-0.1, -0.05) is 37.3 Å². The van der Waals surface area contributed by atoms with Crippen LogP contribution in [0.25, 0.3) is 0 Å². The molecule has 3 rings (SSSR count). The first-order chi connectivity index (χ1) is 11.9. The van der Waals surface area contributed by atoms with Crippen molar-refractivity contribution in [2.24, 2.45) is 17.8 Å². The van der Waals surface area contributed by atoms with Crippen LogP contribution in [-0.2, 0) is 20.8 Å². The number of rotatable bonds is 5. The number of carbonyl (C=O) groups is 3. The number of nitrogens with zero attached hydrogens (tertiary/aromatic N) is 3. The first-order valence-corrected chi connectivity index (χ1v) is 9.35. The zero-order valence-corrected chi connectivity index (χ0v) is 15.4. The third-order valence-corrected chi connectivity index (χ3v) is 5.45. The second-order valence-corrected chi connectivity index (χ2v) is 8.03. The van der Waals surface area contributed by atoms with E-state index < -0.39 is 11.9 Å². The predicted molar refractivity (Wildman–Crippen MR) is 93.7 cm³/mol. The van der Waals surface area contributed by atoms with E-state index in [0.717, 1.165) is 16.3 Å². The molecule has 1 aliphatic heterocycles. The van der Waals surface area contributed by atoms with Gasteiger partial charge in [0.2, 0.25) is 22.9 Å². The van der Waals surface area contributed by atoms with Gasteiger partial charge in [-0.05, 0) is 25.7 Å². The minimum Gasteiger partial charge on any atom is -0.299 e. The Morgan fingerprint density at radius 1 is 1.20 bits per heavy atom. The quantitative estimate of drug-likeness (QED) is 0.639. The molecule has 1 saturated heterocycles. The summed E-state index contributed by atoms with van der Waals surface area (Å²) in [6.45, 7) is 5.74. The Bertz CT molecular complexity index is 701. The summed E-state index contributed by atoms with van der Waals surface area (Å²) in [7, 11) is 0. The van der Waals surface area contributed by atoms with Gasteiger partial charge < -0.3 is 0 Å². The summed E-state index contributed by atoms with van der Waals surface area (Å²) in [4.78, 5) is 38.7. The van der Waals surface area contributed by atoms with Crippen LogP contribution in [0.1, 0.15) is 38.6 Å². The monoisotopic (exact) mass is 362 g/mol. The van der Waals surface area contributed by atoms with Crippen molar-refractivity contribution in [3.63, 3.8) is 0 Å². The van der Waals surface area contributed by atoms with E-state index in [1.807, 2.05) is 12.2 Å². The third kappa shape index (κ3) is 3.49. The first kappa shape index (κ1) is 17.7. The molecule has 1 aliphatic carbocycles. The molecule has 1 aromatic heterocycles. The number of likely N-dealkylation sites (tertiary alicyclic amines) is 1. The number of hydrogen-bond donors (Lipinski definition) is 1. The molecule has 1 aromatic rings. The van der Waals surface area contributed by atoms with Crippen molar-refractivity contribution >= 4 is 34.2 Å². The first-order valence-electron chi connectivity index (χ1n) is 8.53. The molecule has 3 amide bonds. The van der Waals surface area contributed by atoms with Crippen LogP contribution in [0.3, 0.4) is 0 Å². The summed E-state index contributed by atoms with van der Waals surface area (Å²) in [6.07, 6.45) is 5.78. The fraction of sp³-hybridized carbons (Fsp3) is 0.588. The van der Waals surface area contributed by atoms with E-state index in [9.17, 15) is 14.4 Å². The van der Waals surface area contributed by atoms with Gasteiger partial charge in [0.05, 0.1) is 11.8 Å². The lowest BCUT2D eigenvalue weighted by atomic mass is 9.85. The molecule has 1 fully saturated rings. The number of aromatic nitrogens is 2. The van der Waals surface area contributed by atoms with Crippen LogP contribution >= 0.6 is 11.3 Å². The molecule has 0 aromatic carbocycles. The second-order valence-electron chi connectivity index (χ2n) is 6.97. The molecule has 0 radical (unpaired) electrons. The van der Waals surface area contributed by atoms with Gasteiger partial charge in [0.25, 0.3) is 0 Å². The maximum Gasteiger partial charge on any atom is 0.249 e. The molecular formula is C17H22N4O3S. The van der Waals surface area contributed by atoms with E-state index >= 15 is 0 Å². The number of imide groups is 1. The van der Waals surface area contributed by atoms with Crippen molar-refractivity contribution in [3.8, 4) is 0 Å². The van der Waals surface area contributed by atoms with Gasteiger partial charge in [0.15, 0.2) is 0 Å². The molecule has 3 atom stereocenters. The zero-order valence-electron chi connectivity index (χ0n) is 14.6. The van der Waals surface area contributed by atoms with E-state index in [1.54, 1.807) is 6.92 Å². The Balaban J connectivity index is 1.67. The van der Waals surface area contributed by atoms with Crippen LogP contribution in [0.2, 0.25) is 0 Å². The van der Waals surface area contributed by atoms with Gasteiger partial charge in [0, 0.05) is 6.42 Å². The highest BCUT2D eigenvalue weighted by atomic mass is 32.1. The minimum absolute atomic E-state index is 0.250. The number of hydrogen-bond acceptors (Lipinski definition) is 6. The summed E-state index contributed by atoms with van der Waals surface area (Å²) < 4.78 is 0. The van der Waals surface area contributed by atoms with E-state index in [-0.39, 0.29) is 23.7 Å². The van der Waals surface area contributed by atoms with Crippen LogP contribution < -0.4 is 5.32 Å². The van der Waals surface area contributed by atoms with Crippen molar-refractivity contribution in [2.75, 3.05) is 5.32 Å². The summed E-state index contributed by atoms with van der Waals surface area (Å²) in [5, 5.41) is 11.9. The van der Waals surface area contributed by atoms with Gasteiger partial charge in [-0.25, -0.2) is 0 Å². The summed E-state index contributed by atoms with van der Waals surface area (Å²) in [5.41, 5.74) is 0. The Labute approximate surface area is 150 Å². The van der Waals surface area contributed by atoms with Gasteiger partial charge >= 0.3 is 0 Å². The average molecular weight is 362 g/mol. The number of nitrogens with one attached hydrogen (secondary N) is 1. The third-order valence-electron chi connectivity index (χ3n) is 4.59. The van der Waals surface area contributed by atoms with Crippen LogP contribution in [-0.4, -0.2) is 38.9 Å². The van der Waals surface area contributed by atoms with E-state index in [1.165, 1.54) is 11.3 Å². The van der Waals surface area contributed by atoms with Crippen molar-refractivity contribution in [1.82, 2.24) is 15.1 Å². The Morgan fingerprint density at radius 3 is 2.36 bits per heavy atom. The molecule has 2 aliphatic rings. The lowest BCUT2D eigenvalue weighted by molar-refractivity contribution is -0.146. The van der Waals surface area contributed by atoms with Crippen molar-refractivity contribution in [3.05, 3.63) is 17.2 Å². The number of anilines is 1. The normalized spacial score (nSPS) is 23.9. The minimum atomic E-state index is -0.858. The van der Waals surface area contributed by atoms with Crippen LogP contribution in [0.5, 0.6) is 0 Å². The molecule has 7 nitrogen and oxygen atoms in total. The van der Waals surface area contributed by atoms with Crippen molar-refractivity contribution in [1.29, 1.82) is 0 Å². The topological polar surface area (TPSA) is 92.3 Å². The number of allylic oxidation sites excluding steroid dienone is 2. The smallest absolute Gasteiger partial charge is 0.249 e. The van der Waals surface area contributed by atoms with E-state index in [0.29, 0.717) is 23.9 Å². The second kappa shape index (κ2) is 7.03. The molecule has 0 bridgehead atoms. The van der Waals surface area contributed by atoms with Gasteiger partial charge in [0.1, 0.15) is 11.0 Å². The molecule has 2 heterocycles. The lowest BCUT2D eigenvalue weighted by Crippen LogP contribution is -2.46. The highest BCUT2D eigenvalue weighted by molar-refractivity contribution is 7.15. The highest BCUT2D eigenvalue weighted by Gasteiger charge is 2.50. The van der Waals surface area contributed by atoms with Crippen LogP contribution in [0.4, 0.5) is 5.13 Å². The summed E-state index contributed by atoms with van der Waals surface area (Å²) in [6, 6.07) is -0.858. The van der Waals surface area contributed by atoms with E-state index in [2.05, 4.69) is 29.4 Å². The van der Waals surface area contributed by atoms with Crippen molar-refractivity contribution in [2.45, 2.75) is 46.1 Å². The Kier molecular flexibility index (Phi) is 4.99. The fourth-order valence-electron chi connectivity index (χ4n) is 3.27. The molecule has 0 spiro atoms. The van der Waals surface area contributed by atoms with Gasteiger partial charge in [-0.3, -0.25) is 24.6 Å². The zero-order chi connectivity index (χ0) is 18.1.